The van der Waals surface area contributed by atoms with Crippen molar-refractivity contribution in [3.05, 3.63) is 29.8 Å². The highest BCUT2D eigenvalue weighted by Crippen LogP contribution is 2.13. The average Bonchev–Trinajstić information content (AvgIpc) is 2.41. The maximum atomic E-state index is 5.68. The molecule has 19 heavy (non-hydrogen) atoms. The smallest absolute Gasteiger partial charge is 0.0599 e. The fraction of sp³-hybridized carbons (Fsp3) is 0.625. The van der Waals surface area contributed by atoms with E-state index >= 15 is 0 Å². The largest absolute Gasteiger partial charge is 0.384 e. The third kappa shape index (κ3) is 4.84. The van der Waals surface area contributed by atoms with Gasteiger partial charge in [0.25, 0.3) is 0 Å². The van der Waals surface area contributed by atoms with Crippen LogP contribution in [0.2, 0.25) is 0 Å². The Hall–Kier alpha value is -1.06. The molecule has 1 fully saturated rings. The number of anilines is 1. The number of nitrogens with one attached hydrogen (secondary N) is 1. The molecule has 3 nitrogen and oxygen atoms in total. The molecule has 0 atom stereocenters. The second-order valence-electron chi connectivity index (χ2n) is 5.29. The number of aryl methyl sites for hydroxylation is 1. The molecule has 0 aromatic heterocycles. The maximum absolute atomic E-state index is 5.68. The van der Waals surface area contributed by atoms with Crippen molar-refractivity contribution in [2.75, 3.05) is 38.1 Å². The van der Waals surface area contributed by atoms with E-state index in [1.54, 1.807) is 0 Å². The Morgan fingerprint density at radius 3 is 2.79 bits per heavy atom. The second kappa shape index (κ2) is 7.51. The molecule has 1 aliphatic rings. The number of piperidine rings is 1. The van der Waals surface area contributed by atoms with Gasteiger partial charge in [-0.3, -0.25) is 0 Å². The van der Waals surface area contributed by atoms with Gasteiger partial charge < -0.3 is 15.0 Å². The van der Waals surface area contributed by atoms with Crippen LogP contribution in [-0.4, -0.2) is 43.8 Å². The van der Waals surface area contributed by atoms with Crippen molar-refractivity contribution >= 4 is 5.69 Å². The lowest BCUT2D eigenvalue weighted by molar-refractivity contribution is 0.0152. The molecule has 2 rings (SSSR count). The summed E-state index contributed by atoms with van der Waals surface area (Å²) >= 11 is 0. The minimum Gasteiger partial charge on any atom is -0.384 e. The van der Waals surface area contributed by atoms with Gasteiger partial charge in [-0.2, -0.15) is 0 Å². The van der Waals surface area contributed by atoms with Crippen LogP contribution in [0, 0.1) is 6.92 Å². The molecule has 1 saturated heterocycles. The van der Waals surface area contributed by atoms with Crippen LogP contribution in [0.25, 0.3) is 0 Å². The van der Waals surface area contributed by atoms with E-state index in [0.717, 1.165) is 19.7 Å². The maximum Gasteiger partial charge on any atom is 0.0599 e. The number of hydrogen-bond acceptors (Lipinski definition) is 3. The molecule has 0 spiro atoms. The van der Waals surface area contributed by atoms with Crippen LogP contribution < -0.4 is 5.32 Å². The minimum atomic E-state index is 0.492. The van der Waals surface area contributed by atoms with Crippen LogP contribution in [0.1, 0.15) is 25.3 Å². The standard InChI is InChI=1S/C16H26N2O/c1-3-19-16-7-10-18(11-8-16)12-9-17-15-6-4-5-14(2)13-15/h4-6,13,16-17H,3,7-12H2,1-2H3. The van der Waals surface area contributed by atoms with E-state index in [0.29, 0.717) is 6.10 Å². The molecule has 106 valence electrons. The molecular formula is C16H26N2O. The fourth-order valence-corrected chi connectivity index (χ4v) is 2.65. The normalized spacial score (nSPS) is 17.6. The summed E-state index contributed by atoms with van der Waals surface area (Å²) in [7, 11) is 0. The van der Waals surface area contributed by atoms with Crippen molar-refractivity contribution < 1.29 is 4.74 Å². The summed E-state index contributed by atoms with van der Waals surface area (Å²) in [5.74, 6) is 0. The van der Waals surface area contributed by atoms with Gasteiger partial charge in [0, 0.05) is 38.5 Å². The Morgan fingerprint density at radius 2 is 2.11 bits per heavy atom. The van der Waals surface area contributed by atoms with Gasteiger partial charge in [0.1, 0.15) is 0 Å². The third-order valence-corrected chi connectivity index (χ3v) is 3.71. The van der Waals surface area contributed by atoms with Crippen molar-refractivity contribution in [1.82, 2.24) is 4.90 Å². The Balaban J connectivity index is 1.64. The Kier molecular flexibility index (Phi) is 5.67. The summed E-state index contributed by atoms with van der Waals surface area (Å²) in [6.07, 6.45) is 2.85. The zero-order valence-electron chi connectivity index (χ0n) is 12.2. The van der Waals surface area contributed by atoms with E-state index in [1.165, 1.54) is 37.2 Å². The van der Waals surface area contributed by atoms with Crippen molar-refractivity contribution in [3.8, 4) is 0 Å². The van der Waals surface area contributed by atoms with Gasteiger partial charge in [-0.15, -0.1) is 0 Å². The van der Waals surface area contributed by atoms with Crippen molar-refractivity contribution in [1.29, 1.82) is 0 Å². The van der Waals surface area contributed by atoms with Crippen LogP contribution in [0.5, 0.6) is 0 Å². The van der Waals surface area contributed by atoms with Gasteiger partial charge >= 0.3 is 0 Å². The van der Waals surface area contributed by atoms with E-state index < -0.39 is 0 Å². The summed E-state index contributed by atoms with van der Waals surface area (Å²) in [5.41, 5.74) is 2.53. The number of nitrogens with zero attached hydrogens (tertiary/aromatic N) is 1. The highest BCUT2D eigenvalue weighted by atomic mass is 16.5. The lowest BCUT2D eigenvalue weighted by Gasteiger charge is -2.31. The van der Waals surface area contributed by atoms with Gasteiger partial charge in [-0.1, -0.05) is 12.1 Å². The van der Waals surface area contributed by atoms with Crippen LogP contribution in [-0.2, 0) is 4.74 Å². The first kappa shape index (κ1) is 14.4. The molecule has 0 saturated carbocycles. The van der Waals surface area contributed by atoms with Crippen LogP contribution in [0.4, 0.5) is 5.69 Å². The summed E-state index contributed by atoms with van der Waals surface area (Å²) in [4.78, 5) is 2.53. The highest BCUT2D eigenvalue weighted by Gasteiger charge is 2.18. The number of benzene rings is 1. The van der Waals surface area contributed by atoms with Crippen molar-refractivity contribution in [2.24, 2.45) is 0 Å². The van der Waals surface area contributed by atoms with Gasteiger partial charge in [0.2, 0.25) is 0 Å². The topological polar surface area (TPSA) is 24.5 Å². The lowest BCUT2D eigenvalue weighted by atomic mass is 10.1. The van der Waals surface area contributed by atoms with E-state index in [4.69, 9.17) is 4.74 Å². The zero-order valence-corrected chi connectivity index (χ0v) is 12.2. The second-order valence-corrected chi connectivity index (χ2v) is 5.29. The molecule has 1 heterocycles. The molecule has 1 N–H and O–H groups in total. The minimum absolute atomic E-state index is 0.492. The van der Waals surface area contributed by atoms with Gasteiger partial charge in [0.15, 0.2) is 0 Å². The molecule has 0 bridgehead atoms. The number of likely N-dealkylation sites (tertiary alicyclic amines) is 1. The average molecular weight is 262 g/mol. The third-order valence-electron chi connectivity index (χ3n) is 3.71. The van der Waals surface area contributed by atoms with E-state index in [2.05, 4.69) is 48.3 Å². The van der Waals surface area contributed by atoms with Gasteiger partial charge in [0.05, 0.1) is 6.10 Å². The van der Waals surface area contributed by atoms with Crippen molar-refractivity contribution in [3.63, 3.8) is 0 Å². The molecule has 1 aliphatic heterocycles. The Bertz CT molecular complexity index is 373. The predicted octanol–water partition coefficient (Wildman–Crippen LogP) is 2.91. The predicted molar refractivity (Wildman–Crippen MR) is 80.8 cm³/mol. The molecule has 3 heteroatoms. The zero-order chi connectivity index (χ0) is 13.5. The van der Waals surface area contributed by atoms with Gasteiger partial charge in [-0.05, 0) is 44.4 Å². The van der Waals surface area contributed by atoms with E-state index in [1.807, 2.05) is 0 Å². The first-order chi connectivity index (χ1) is 9.28. The summed E-state index contributed by atoms with van der Waals surface area (Å²) < 4.78 is 5.68. The molecule has 1 aromatic carbocycles. The summed E-state index contributed by atoms with van der Waals surface area (Å²) in [6, 6.07) is 8.56. The number of ether oxygens (including phenoxy) is 1. The first-order valence-corrected chi connectivity index (χ1v) is 7.42. The SMILES string of the molecule is CCOC1CCN(CCNc2cccc(C)c2)CC1. The molecule has 0 radical (unpaired) electrons. The summed E-state index contributed by atoms with van der Waals surface area (Å²) in [5, 5.41) is 3.50. The first-order valence-electron chi connectivity index (χ1n) is 7.42. The number of hydrogen-bond donors (Lipinski definition) is 1. The molecule has 0 aliphatic carbocycles. The van der Waals surface area contributed by atoms with Crippen LogP contribution in [0.15, 0.2) is 24.3 Å². The quantitative estimate of drug-likeness (QED) is 0.853. The van der Waals surface area contributed by atoms with Crippen LogP contribution in [0.3, 0.4) is 0 Å². The molecular weight excluding hydrogens is 236 g/mol. The lowest BCUT2D eigenvalue weighted by Crippen LogP contribution is -2.39. The van der Waals surface area contributed by atoms with Crippen LogP contribution >= 0.6 is 0 Å². The number of rotatable bonds is 6. The molecule has 0 amide bonds. The monoisotopic (exact) mass is 262 g/mol. The van der Waals surface area contributed by atoms with Crippen molar-refractivity contribution in [2.45, 2.75) is 32.8 Å². The highest BCUT2D eigenvalue weighted by molar-refractivity contribution is 5.45. The molecule has 1 aromatic rings. The Labute approximate surface area is 116 Å². The Morgan fingerprint density at radius 1 is 1.32 bits per heavy atom. The van der Waals surface area contributed by atoms with E-state index in [9.17, 15) is 0 Å². The summed E-state index contributed by atoms with van der Waals surface area (Å²) in [6.45, 7) is 9.53. The fourth-order valence-electron chi connectivity index (χ4n) is 2.65. The molecule has 0 unspecified atom stereocenters. The van der Waals surface area contributed by atoms with Gasteiger partial charge in [-0.25, -0.2) is 0 Å². The van der Waals surface area contributed by atoms with E-state index in [-0.39, 0.29) is 0 Å².